The maximum Gasteiger partial charge on any atom is 0.265 e. The monoisotopic (exact) mass is 445 g/mol. The number of carbonyl (C=O) groups excluding carboxylic acids is 2. The first-order valence-electron chi connectivity index (χ1n) is 9.96. The van der Waals surface area contributed by atoms with E-state index in [1.165, 1.54) is 24.3 Å². The van der Waals surface area contributed by atoms with Crippen LogP contribution in [0.25, 0.3) is 0 Å². The van der Waals surface area contributed by atoms with Crippen molar-refractivity contribution in [2.45, 2.75) is 36.9 Å². The summed E-state index contributed by atoms with van der Waals surface area (Å²) in [6, 6.07) is 10.7. The summed E-state index contributed by atoms with van der Waals surface area (Å²) in [4.78, 5) is 24.5. The van der Waals surface area contributed by atoms with Gasteiger partial charge in [0, 0.05) is 24.4 Å². The molecule has 0 bridgehead atoms. The summed E-state index contributed by atoms with van der Waals surface area (Å²) < 4.78 is 38.6. The highest BCUT2D eigenvalue weighted by Gasteiger charge is 2.24. The van der Waals surface area contributed by atoms with E-state index in [0.717, 1.165) is 12.8 Å². The van der Waals surface area contributed by atoms with Crippen molar-refractivity contribution in [1.82, 2.24) is 4.72 Å². The number of fused-ring (bicyclic) bond motifs is 1. The Morgan fingerprint density at radius 1 is 1.23 bits per heavy atom. The van der Waals surface area contributed by atoms with Gasteiger partial charge < -0.3 is 20.1 Å². The molecule has 2 heterocycles. The third kappa shape index (κ3) is 4.87. The lowest BCUT2D eigenvalue weighted by Crippen LogP contribution is -2.34. The standard InChI is InChI=1S/C21H23N3O6S/c1-13-20(25)24-18-11-15(7-8-19(18)30-13)23-21(26)14-4-2-6-17(10-14)31(27,28)22-12-16-5-3-9-29-16/h2,4,6-8,10-11,13,16,22H,3,5,9,12H2,1H3,(H,23,26)(H,24,25)/t13-,16+/m0/s1. The van der Waals surface area contributed by atoms with Crippen LogP contribution in [0.2, 0.25) is 0 Å². The minimum absolute atomic E-state index is 0.00163. The molecule has 2 aromatic carbocycles. The zero-order valence-corrected chi connectivity index (χ0v) is 17.7. The molecule has 9 nitrogen and oxygen atoms in total. The Labute approximate surface area is 180 Å². The molecule has 31 heavy (non-hydrogen) atoms. The minimum Gasteiger partial charge on any atom is -0.479 e. The van der Waals surface area contributed by atoms with Crippen LogP contribution in [0.1, 0.15) is 30.1 Å². The van der Waals surface area contributed by atoms with Crippen molar-refractivity contribution in [1.29, 1.82) is 0 Å². The number of sulfonamides is 1. The molecule has 1 fully saturated rings. The molecule has 3 N–H and O–H groups in total. The van der Waals surface area contributed by atoms with Gasteiger partial charge in [0.15, 0.2) is 6.10 Å². The number of benzene rings is 2. The number of ether oxygens (including phenoxy) is 2. The lowest BCUT2D eigenvalue weighted by molar-refractivity contribution is -0.122. The third-order valence-electron chi connectivity index (χ3n) is 5.10. The van der Waals surface area contributed by atoms with Crippen LogP contribution in [0.4, 0.5) is 11.4 Å². The Balaban J connectivity index is 1.46. The predicted octanol–water partition coefficient (Wildman–Crippen LogP) is 2.12. The van der Waals surface area contributed by atoms with Crippen molar-refractivity contribution in [3.05, 3.63) is 48.0 Å². The first-order chi connectivity index (χ1) is 14.8. The first kappa shape index (κ1) is 21.3. The molecular weight excluding hydrogens is 422 g/mol. The molecule has 0 saturated carbocycles. The zero-order chi connectivity index (χ0) is 22.0. The molecule has 0 aromatic heterocycles. The van der Waals surface area contributed by atoms with E-state index in [4.69, 9.17) is 9.47 Å². The molecule has 0 radical (unpaired) electrons. The molecule has 2 aliphatic rings. The molecule has 4 rings (SSSR count). The molecule has 1 saturated heterocycles. The van der Waals surface area contributed by atoms with Gasteiger partial charge in [-0.25, -0.2) is 13.1 Å². The van der Waals surface area contributed by atoms with Crippen LogP contribution in [-0.2, 0) is 19.6 Å². The van der Waals surface area contributed by atoms with Crippen molar-refractivity contribution in [2.24, 2.45) is 0 Å². The highest BCUT2D eigenvalue weighted by Crippen LogP contribution is 2.32. The number of amides is 2. The highest BCUT2D eigenvalue weighted by atomic mass is 32.2. The van der Waals surface area contributed by atoms with Gasteiger partial charge in [0.25, 0.3) is 11.8 Å². The highest BCUT2D eigenvalue weighted by molar-refractivity contribution is 7.89. The van der Waals surface area contributed by atoms with Gasteiger partial charge in [-0.3, -0.25) is 9.59 Å². The lowest BCUT2D eigenvalue weighted by Gasteiger charge is -2.23. The van der Waals surface area contributed by atoms with Crippen LogP contribution in [0, 0.1) is 0 Å². The SMILES string of the molecule is C[C@@H]1Oc2ccc(NC(=O)c3cccc(S(=O)(=O)NC[C@H]4CCCO4)c3)cc2NC1=O. The topological polar surface area (TPSA) is 123 Å². The molecule has 2 atom stereocenters. The average Bonchev–Trinajstić information content (AvgIpc) is 3.27. The molecule has 0 aliphatic carbocycles. The number of hydrogen-bond acceptors (Lipinski definition) is 6. The fraction of sp³-hybridized carbons (Fsp3) is 0.333. The van der Waals surface area contributed by atoms with Crippen LogP contribution in [0.3, 0.4) is 0 Å². The van der Waals surface area contributed by atoms with E-state index in [1.54, 1.807) is 25.1 Å². The molecule has 2 aliphatic heterocycles. The average molecular weight is 445 g/mol. The van der Waals surface area contributed by atoms with Gasteiger partial charge >= 0.3 is 0 Å². The van der Waals surface area contributed by atoms with Crippen LogP contribution in [0.15, 0.2) is 47.4 Å². The van der Waals surface area contributed by atoms with Crippen molar-refractivity contribution in [3.8, 4) is 5.75 Å². The van der Waals surface area contributed by atoms with E-state index in [2.05, 4.69) is 15.4 Å². The summed E-state index contributed by atoms with van der Waals surface area (Å²) in [6.07, 6.45) is 1.01. The molecule has 0 unspecified atom stereocenters. The Morgan fingerprint density at radius 2 is 2.06 bits per heavy atom. The summed E-state index contributed by atoms with van der Waals surface area (Å²) in [7, 11) is -3.77. The van der Waals surface area contributed by atoms with Crippen LogP contribution < -0.4 is 20.1 Å². The smallest absolute Gasteiger partial charge is 0.265 e. The largest absolute Gasteiger partial charge is 0.479 e. The zero-order valence-electron chi connectivity index (χ0n) is 16.9. The van der Waals surface area contributed by atoms with Gasteiger partial charge in [0.05, 0.1) is 16.7 Å². The fourth-order valence-corrected chi connectivity index (χ4v) is 4.50. The number of nitrogens with one attached hydrogen (secondary N) is 3. The fourth-order valence-electron chi connectivity index (χ4n) is 3.39. The number of carbonyl (C=O) groups is 2. The number of hydrogen-bond donors (Lipinski definition) is 3. The van der Waals surface area contributed by atoms with E-state index in [9.17, 15) is 18.0 Å². The Morgan fingerprint density at radius 3 is 2.84 bits per heavy atom. The van der Waals surface area contributed by atoms with E-state index < -0.39 is 22.0 Å². The second-order valence-electron chi connectivity index (χ2n) is 7.43. The second kappa shape index (κ2) is 8.66. The maximum atomic E-state index is 12.7. The van der Waals surface area contributed by atoms with Crippen LogP contribution >= 0.6 is 0 Å². The normalized spacial score (nSPS) is 20.5. The molecule has 2 amide bonds. The summed E-state index contributed by atoms with van der Waals surface area (Å²) in [5, 5.41) is 5.42. The van der Waals surface area contributed by atoms with Gasteiger partial charge in [-0.05, 0) is 56.2 Å². The van der Waals surface area contributed by atoms with Crippen molar-refractivity contribution < 1.29 is 27.5 Å². The van der Waals surface area contributed by atoms with E-state index in [0.29, 0.717) is 23.7 Å². The summed E-state index contributed by atoms with van der Waals surface area (Å²) in [6.45, 7) is 2.48. The summed E-state index contributed by atoms with van der Waals surface area (Å²) in [5.74, 6) is -0.243. The Bertz CT molecular complexity index is 1110. The van der Waals surface area contributed by atoms with E-state index >= 15 is 0 Å². The summed E-state index contributed by atoms with van der Waals surface area (Å²) in [5.41, 5.74) is 1.08. The van der Waals surface area contributed by atoms with Gasteiger partial charge in [0.1, 0.15) is 5.75 Å². The molecule has 0 spiro atoms. The Hall–Kier alpha value is -2.95. The van der Waals surface area contributed by atoms with Crippen molar-refractivity contribution in [2.75, 3.05) is 23.8 Å². The van der Waals surface area contributed by atoms with E-state index in [1.807, 2.05) is 0 Å². The second-order valence-corrected chi connectivity index (χ2v) is 9.20. The quantitative estimate of drug-likeness (QED) is 0.626. The molecule has 2 aromatic rings. The van der Waals surface area contributed by atoms with Gasteiger partial charge in [0.2, 0.25) is 10.0 Å². The number of anilines is 2. The third-order valence-corrected chi connectivity index (χ3v) is 6.52. The van der Waals surface area contributed by atoms with Crippen LogP contribution in [-0.4, -0.2) is 45.6 Å². The first-order valence-corrected chi connectivity index (χ1v) is 11.4. The van der Waals surface area contributed by atoms with Crippen molar-refractivity contribution in [3.63, 3.8) is 0 Å². The molecular formula is C21H23N3O6S. The van der Waals surface area contributed by atoms with Crippen molar-refractivity contribution >= 4 is 33.2 Å². The van der Waals surface area contributed by atoms with Gasteiger partial charge in [-0.2, -0.15) is 0 Å². The lowest BCUT2D eigenvalue weighted by atomic mass is 10.2. The van der Waals surface area contributed by atoms with E-state index in [-0.39, 0.29) is 29.0 Å². The maximum absolute atomic E-state index is 12.7. The molecule has 164 valence electrons. The summed E-state index contributed by atoms with van der Waals surface area (Å²) >= 11 is 0. The Kier molecular flexibility index (Phi) is 5.94. The minimum atomic E-state index is -3.77. The van der Waals surface area contributed by atoms with Crippen LogP contribution in [0.5, 0.6) is 5.75 Å². The van der Waals surface area contributed by atoms with Gasteiger partial charge in [-0.15, -0.1) is 0 Å². The predicted molar refractivity (Wildman–Crippen MR) is 114 cm³/mol. The molecule has 10 heteroatoms. The van der Waals surface area contributed by atoms with Gasteiger partial charge in [-0.1, -0.05) is 6.07 Å². The number of rotatable bonds is 6.